The molecule has 1 aromatic carbocycles. The molecule has 8 heteroatoms. The van der Waals surface area contributed by atoms with Crippen LogP contribution < -0.4 is 10.1 Å². The summed E-state index contributed by atoms with van der Waals surface area (Å²) in [7, 11) is 1.57. The van der Waals surface area contributed by atoms with Crippen LogP contribution in [0.2, 0.25) is 0 Å². The first-order valence-corrected chi connectivity index (χ1v) is 7.76. The minimum absolute atomic E-state index is 0.166. The smallest absolute Gasteiger partial charge is 0.279 e. The number of aromatic nitrogens is 3. The van der Waals surface area contributed by atoms with Crippen molar-refractivity contribution in [3.05, 3.63) is 41.0 Å². The van der Waals surface area contributed by atoms with Gasteiger partial charge in [0.15, 0.2) is 11.5 Å². The average Bonchev–Trinajstić information content (AvgIpc) is 3.24. The molecule has 0 aliphatic rings. The summed E-state index contributed by atoms with van der Waals surface area (Å²) in [4.78, 5) is 12.2. The van der Waals surface area contributed by atoms with E-state index in [0.717, 1.165) is 17.0 Å². The van der Waals surface area contributed by atoms with E-state index in [2.05, 4.69) is 20.7 Å². The molecule has 0 spiro atoms. The number of anilines is 1. The first kappa shape index (κ1) is 15.2. The molecule has 0 fully saturated rings. The number of amides is 1. The lowest BCUT2D eigenvalue weighted by atomic mass is 10.1. The summed E-state index contributed by atoms with van der Waals surface area (Å²) in [6, 6.07) is 8.92. The molecule has 0 bridgehead atoms. The SMILES string of the molecule is CCc1nnc(NC(=O)c2cc(-c3ccccc3OC)on2)s1. The maximum Gasteiger partial charge on any atom is 0.279 e. The lowest BCUT2D eigenvalue weighted by Gasteiger charge is -2.03. The summed E-state index contributed by atoms with van der Waals surface area (Å²) in [6.07, 6.45) is 0.773. The Morgan fingerprint density at radius 1 is 1.35 bits per heavy atom. The van der Waals surface area contributed by atoms with Crippen molar-refractivity contribution in [2.45, 2.75) is 13.3 Å². The van der Waals surface area contributed by atoms with Crippen molar-refractivity contribution >= 4 is 22.4 Å². The minimum atomic E-state index is -0.395. The Labute approximate surface area is 136 Å². The fourth-order valence-corrected chi connectivity index (χ4v) is 2.64. The van der Waals surface area contributed by atoms with Crippen LogP contribution in [-0.2, 0) is 6.42 Å². The molecule has 0 radical (unpaired) electrons. The van der Waals surface area contributed by atoms with Crippen molar-refractivity contribution < 1.29 is 14.1 Å². The zero-order valence-corrected chi connectivity index (χ0v) is 13.4. The van der Waals surface area contributed by atoms with Gasteiger partial charge in [0.05, 0.1) is 12.7 Å². The highest BCUT2D eigenvalue weighted by Crippen LogP contribution is 2.30. The Balaban J connectivity index is 1.79. The summed E-state index contributed by atoms with van der Waals surface area (Å²) in [5.41, 5.74) is 0.893. The third kappa shape index (κ3) is 3.21. The fourth-order valence-electron chi connectivity index (χ4n) is 1.97. The number of para-hydroxylation sites is 1. The average molecular weight is 330 g/mol. The van der Waals surface area contributed by atoms with Crippen molar-refractivity contribution in [2.75, 3.05) is 12.4 Å². The second-order valence-electron chi connectivity index (χ2n) is 4.59. The third-order valence-corrected chi connectivity index (χ3v) is 4.09. The summed E-state index contributed by atoms with van der Waals surface area (Å²) in [6.45, 7) is 1.98. The molecule has 1 amide bonds. The number of rotatable bonds is 5. The standard InChI is InChI=1S/C15H14N4O3S/c1-3-13-17-18-15(23-13)16-14(20)10-8-12(22-19-10)9-6-4-5-7-11(9)21-2/h4-8H,3H2,1-2H3,(H,16,18,20). The summed E-state index contributed by atoms with van der Waals surface area (Å²) in [5.74, 6) is 0.708. The molecule has 2 aromatic heterocycles. The van der Waals surface area contributed by atoms with Gasteiger partial charge in [0.1, 0.15) is 10.8 Å². The quantitative estimate of drug-likeness (QED) is 0.773. The van der Waals surface area contributed by atoms with Gasteiger partial charge in [0.25, 0.3) is 5.91 Å². The van der Waals surface area contributed by atoms with Crippen molar-refractivity contribution in [1.82, 2.24) is 15.4 Å². The number of methoxy groups -OCH3 is 1. The Kier molecular flexibility index (Phi) is 4.33. The van der Waals surface area contributed by atoms with Crippen molar-refractivity contribution in [3.8, 4) is 17.1 Å². The lowest BCUT2D eigenvalue weighted by Crippen LogP contribution is -2.11. The van der Waals surface area contributed by atoms with Crippen LogP contribution in [0.5, 0.6) is 5.75 Å². The van der Waals surface area contributed by atoms with Crippen molar-refractivity contribution in [2.24, 2.45) is 0 Å². The van der Waals surface area contributed by atoms with Crippen LogP contribution >= 0.6 is 11.3 Å². The maximum atomic E-state index is 12.2. The number of carbonyl (C=O) groups excluding carboxylic acids is 1. The minimum Gasteiger partial charge on any atom is -0.496 e. The fraction of sp³-hybridized carbons (Fsp3) is 0.200. The molecule has 1 N–H and O–H groups in total. The van der Waals surface area contributed by atoms with Gasteiger partial charge >= 0.3 is 0 Å². The Morgan fingerprint density at radius 3 is 2.91 bits per heavy atom. The normalized spacial score (nSPS) is 10.5. The second-order valence-corrected chi connectivity index (χ2v) is 5.65. The maximum absolute atomic E-state index is 12.2. The Bertz CT molecular complexity index is 828. The van der Waals surface area contributed by atoms with Gasteiger partial charge < -0.3 is 9.26 Å². The Hall–Kier alpha value is -2.74. The number of hydrogen-bond acceptors (Lipinski definition) is 7. The molecule has 0 atom stereocenters. The number of nitrogens with one attached hydrogen (secondary N) is 1. The van der Waals surface area contributed by atoms with E-state index in [1.165, 1.54) is 11.3 Å². The molecule has 0 unspecified atom stereocenters. The summed E-state index contributed by atoms with van der Waals surface area (Å²) < 4.78 is 10.5. The van der Waals surface area contributed by atoms with E-state index in [4.69, 9.17) is 9.26 Å². The molecule has 0 saturated heterocycles. The molecule has 23 heavy (non-hydrogen) atoms. The highest BCUT2D eigenvalue weighted by atomic mass is 32.1. The molecule has 3 rings (SSSR count). The van der Waals surface area contributed by atoms with Gasteiger partial charge in [0.2, 0.25) is 5.13 Å². The number of ether oxygens (including phenoxy) is 1. The molecule has 0 aliphatic heterocycles. The van der Waals surface area contributed by atoms with Gasteiger partial charge in [-0.05, 0) is 18.6 Å². The van der Waals surface area contributed by atoms with Gasteiger partial charge in [-0.1, -0.05) is 35.5 Å². The van der Waals surface area contributed by atoms with Gasteiger partial charge in [-0.25, -0.2) is 0 Å². The van der Waals surface area contributed by atoms with Crippen LogP contribution in [0, 0.1) is 0 Å². The van der Waals surface area contributed by atoms with Gasteiger partial charge in [-0.3, -0.25) is 10.1 Å². The topological polar surface area (TPSA) is 90.1 Å². The number of carbonyl (C=O) groups is 1. The van der Waals surface area contributed by atoms with Crippen LogP contribution in [-0.4, -0.2) is 28.4 Å². The van der Waals surface area contributed by atoms with Crippen molar-refractivity contribution in [3.63, 3.8) is 0 Å². The molecular formula is C15H14N4O3S. The third-order valence-electron chi connectivity index (χ3n) is 3.10. The first-order valence-electron chi connectivity index (χ1n) is 6.95. The number of aryl methyl sites for hydroxylation is 1. The van der Waals surface area contributed by atoms with Gasteiger partial charge in [-0.2, -0.15) is 0 Å². The predicted molar refractivity (Wildman–Crippen MR) is 85.7 cm³/mol. The monoisotopic (exact) mass is 330 g/mol. The van der Waals surface area contributed by atoms with Crippen LogP contribution in [0.25, 0.3) is 11.3 Å². The van der Waals surface area contributed by atoms with Crippen molar-refractivity contribution in [1.29, 1.82) is 0 Å². The van der Waals surface area contributed by atoms with Crippen LogP contribution in [0.3, 0.4) is 0 Å². The van der Waals surface area contributed by atoms with E-state index in [1.54, 1.807) is 13.2 Å². The molecule has 0 aliphatic carbocycles. The van der Waals surface area contributed by atoms with E-state index in [-0.39, 0.29) is 5.69 Å². The largest absolute Gasteiger partial charge is 0.496 e. The molecular weight excluding hydrogens is 316 g/mol. The van der Waals surface area contributed by atoms with Crippen LogP contribution in [0.1, 0.15) is 22.4 Å². The molecule has 2 heterocycles. The van der Waals surface area contributed by atoms with E-state index >= 15 is 0 Å². The second kappa shape index (κ2) is 6.57. The van der Waals surface area contributed by atoms with Gasteiger partial charge in [0, 0.05) is 6.07 Å². The first-order chi connectivity index (χ1) is 11.2. The zero-order chi connectivity index (χ0) is 16.2. The summed E-state index contributed by atoms with van der Waals surface area (Å²) in [5, 5.41) is 15.6. The number of hydrogen-bond donors (Lipinski definition) is 1. The number of nitrogens with zero attached hydrogens (tertiary/aromatic N) is 3. The lowest BCUT2D eigenvalue weighted by molar-refractivity contribution is 0.101. The summed E-state index contributed by atoms with van der Waals surface area (Å²) >= 11 is 1.33. The van der Waals surface area contributed by atoms with E-state index < -0.39 is 5.91 Å². The number of benzene rings is 1. The zero-order valence-electron chi connectivity index (χ0n) is 12.6. The van der Waals surface area contributed by atoms with Crippen LogP contribution in [0.4, 0.5) is 5.13 Å². The Morgan fingerprint density at radius 2 is 2.17 bits per heavy atom. The van der Waals surface area contributed by atoms with Gasteiger partial charge in [-0.15, -0.1) is 10.2 Å². The molecule has 118 valence electrons. The highest BCUT2D eigenvalue weighted by Gasteiger charge is 2.17. The predicted octanol–water partition coefficient (Wildman–Crippen LogP) is 3.02. The van der Waals surface area contributed by atoms with E-state index in [9.17, 15) is 4.79 Å². The van der Waals surface area contributed by atoms with Crippen LogP contribution in [0.15, 0.2) is 34.9 Å². The molecule has 3 aromatic rings. The highest BCUT2D eigenvalue weighted by molar-refractivity contribution is 7.15. The van der Waals surface area contributed by atoms with E-state index in [1.807, 2.05) is 31.2 Å². The molecule has 0 saturated carbocycles. The molecule has 7 nitrogen and oxygen atoms in total. The van der Waals surface area contributed by atoms with E-state index in [0.29, 0.717) is 16.6 Å².